The molecule has 0 spiro atoms. The molecular weight excluding hydrogens is 362 g/mol. The standard InChI is InChI=1S/C19H23N5O4/c20-17(23-27)13-4-6-14(7-5-13)18(25)22-11-15-12-28-10-9-24(15)19(26)16-3-1-2-8-21-16/h1-8,15,17,23,27H,9-12,20H2,(H,22,25). The Morgan fingerprint density at radius 3 is 2.75 bits per heavy atom. The summed E-state index contributed by atoms with van der Waals surface area (Å²) in [6.45, 7) is 1.49. The van der Waals surface area contributed by atoms with Gasteiger partial charge in [0.2, 0.25) is 0 Å². The number of amides is 2. The Balaban J connectivity index is 1.61. The molecule has 1 fully saturated rings. The first-order valence-corrected chi connectivity index (χ1v) is 8.93. The Kier molecular flexibility index (Phi) is 6.66. The third kappa shape index (κ3) is 4.70. The molecule has 1 aliphatic heterocycles. The van der Waals surface area contributed by atoms with Crippen LogP contribution in [0.5, 0.6) is 0 Å². The number of rotatable bonds is 6. The lowest BCUT2D eigenvalue weighted by Crippen LogP contribution is -2.53. The van der Waals surface area contributed by atoms with Crippen LogP contribution < -0.4 is 16.5 Å². The largest absolute Gasteiger partial charge is 0.377 e. The molecule has 2 amide bonds. The quantitative estimate of drug-likeness (QED) is 0.415. The van der Waals surface area contributed by atoms with E-state index in [0.29, 0.717) is 36.6 Å². The smallest absolute Gasteiger partial charge is 0.272 e. The van der Waals surface area contributed by atoms with E-state index in [1.54, 1.807) is 53.6 Å². The average molecular weight is 385 g/mol. The van der Waals surface area contributed by atoms with Crippen LogP contribution in [0, 0.1) is 0 Å². The van der Waals surface area contributed by atoms with E-state index in [1.807, 2.05) is 5.48 Å². The van der Waals surface area contributed by atoms with Crippen LogP contribution in [0.15, 0.2) is 48.7 Å². The molecule has 1 aliphatic rings. The van der Waals surface area contributed by atoms with Gasteiger partial charge in [0, 0.05) is 24.8 Å². The lowest BCUT2D eigenvalue weighted by atomic mass is 10.1. The highest BCUT2D eigenvalue weighted by Crippen LogP contribution is 2.12. The number of hydrogen-bond donors (Lipinski definition) is 4. The van der Waals surface area contributed by atoms with Crippen molar-refractivity contribution in [3.8, 4) is 0 Å². The molecule has 2 atom stereocenters. The van der Waals surface area contributed by atoms with E-state index in [9.17, 15) is 9.59 Å². The summed E-state index contributed by atoms with van der Waals surface area (Å²) >= 11 is 0. The Labute approximate surface area is 162 Å². The van der Waals surface area contributed by atoms with Gasteiger partial charge in [0.05, 0.1) is 19.3 Å². The van der Waals surface area contributed by atoms with Gasteiger partial charge in [0.15, 0.2) is 0 Å². The summed E-state index contributed by atoms with van der Waals surface area (Å²) in [5.74, 6) is -0.453. The molecule has 0 aliphatic carbocycles. The van der Waals surface area contributed by atoms with Crippen molar-refractivity contribution in [2.45, 2.75) is 12.2 Å². The maximum absolute atomic E-state index is 12.7. The average Bonchev–Trinajstić information content (AvgIpc) is 2.77. The summed E-state index contributed by atoms with van der Waals surface area (Å²) in [6.07, 6.45) is 0.856. The van der Waals surface area contributed by atoms with Crippen molar-refractivity contribution >= 4 is 11.8 Å². The highest BCUT2D eigenvalue weighted by molar-refractivity contribution is 5.94. The van der Waals surface area contributed by atoms with E-state index in [1.165, 1.54) is 0 Å². The number of pyridine rings is 1. The summed E-state index contributed by atoms with van der Waals surface area (Å²) in [4.78, 5) is 30.9. The Bertz CT molecular complexity index is 800. The van der Waals surface area contributed by atoms with Gasteiger partial charge in [-0.05, 0) is 29.8 Å². The normalized spacial score (nSPS) is 17.8. The van der Waals surface area contributed by atoms with Gasteiger partial charge in [-0.1, -0.05) is 18.2 Å². The summed E-state index contributed by atoms with van der Waals surface area (Å²) in [5, 5.41) is 11.7. The van der Waals surface area contributed by atoms with Crippen LogP contribution in [0.4, 0.5) is 0 Å². The van der Waals surface area contributed by atoms with Crippen LogP contribution in [0.2, 0.25) is 0 Å². The van der Waals surface area contributed by atoms with Crippen molar-refractivity contribution in [2.75, 3.05) is 26.3 Å². The lowest BCUT2D eigenvalue weighted by molar-refractivity contribution is -0.00160. The molecule has 28 heavy (non-hydrogen) atoms. The topological polar surface area (TPSA) is 130 Å². The lowest BCUT2D eigenvalue weighted by Gasteiger charge is -2.35. The van der Waals surface area contributed by atoms with Crippen LogP contribution >= 0.6 is 0 Å². The Hall–Kier alpha value is -2.85. The maximum atomic E-state index is 12.7. The zero-order chi connectivity index (χ0) is 19.9. The second kappa shape index (κ2) is 9.38. The summed E-state index contributed by atoms with van der Waals surface area (Å²) < 4.78 is 5.48. The van der Waals surface area contributed by atoms with E-state index in [2.05, 4.69) is 10.3 Å². The number of aromatic nitrogens is 1. The molecule has 148 valence electrons. The summed E-state index contributed by atoms with van der Waals surface area (Å²) in [5.41, 5.74) is 9.06. The predicted octanol–water partition coefficient (Wildman–Crippen LogP) is 0.289. The maximum Gasteiger partial charge on any atom is 0.272 e. The van der Waals surface area contributed by atoms with Crippen molar-refractivity contribution in [3.05, 3.63) is 65.5 Å². The number of carbonyl (C=O) groups excluding carboxylic acids is 2. The monoisotopic (exact) mass is 385 g/mol. The number of benzene rings is 1. The van der Waals surface area contributed by atoms with Crippen molar-refractivity contribution in [1.82, 2.24) is 20.7 Å². The molecule has 5 N–H and O–H groups in total. The van der Waals surface area contributed by atoms with Crippen molar-refractivity contribution < 1.29 is 19.5 Å². The van der Waals surface area contributed by atoms with Gasteiger partial charge in [0.1, 0.15) is 11.9 Å². The summed E-state index contributed by atoms with van der Waals surface area (Å²) in [7, 11) is 0. The molecule has 3 rings (SSSR count). The molecular formula is C19H23N5O4. The number of nitrogens with one attached hydrogen (secondary N) is 2. The van der Waals surface area contributed by atoms with E-state index in [4.69, 9.17) is 15.7 Å². The van der Waals surface area contributed by atoms with E-state index < -0.39 is 6.17 Å². The number of nitrogens with two attached hydrogens (primary N) is 1. The fraction of sp³-hybridized carbons (Fsp3) is 0.316. The van der Waals surface area contributed by atoms with Crippen molar-refractivity contribution in [2.24, 2.45) is 5.73 Å². The van der Waals surface area contributed by atoms with Gasteiger partial charge in [-0.3, -0.25) is 14.6 Å². The van der Waals surface area contributed by atoms with Crippen LogP contribution in [0.3, 0.4) is 0 Å². The minimum absolute atomic E-state index is 0.182. The van der Waals surface area contributed by atoms with Crippen LogP contribution in [0.25, 0.3) is 0 Å². The first-order valence-electron chi connectivity index (χ1n) is 8.93. The molecule has 1 aromatic carbocycles. The third-order valence-corrected chi connectivity index (χ3v) is 4.54. The highest BCUT2D eigenvalue weighted by atomic mass is 16.5. The fourth-order valence-electron chi connectivity index (χ4n) is 2.96. The van der Waals surface area contributed by atoms with Crippen LogP contribution in [-0.4, -0.2) is 59.3 Å². The minimum atomic E-state index is -0.720. The zero-order valence-corrected chi connectivity index (χ0v) is 15.2. The molecule has 0 saturated carbocycles. The fourth-order valence-corrected chi connectivity index (χ4v) is 2.96. The van der Waals surface area contributed by atoms with E-state index in [-0.39, 0.29) is 24.4 Å². The van der Waals surface area contributed by atoms with Gasteiger partial charge < -0.3 is 25.9 Å². The Morgan fingerprint density at radius 2 is 2.07 bits per heavy atom. The molecule has 0 radical (unpaired) electrons. The molecule has 9 nitrogen and oxygen atoms in total. The minimum Gasteiger partial charge on any atom is -0.377 e. The van der Waals surface area contributed by atoms with Crippen LogP contribution in [0.1, 0.15) is 32.6 Å². The van der Waals surface area contributed by atoms with E-state index in [0.717, 1.165) is 0 Å². The molecule has 1 saturated heterocycles. The van der Waals surface area contributed by atoms with Crippen LogP contribution in [-0.2, 0) is 4.74 Å². The third-order valence-electron chi connectivity index (χ3n) is 4.54. The molecule has 0 bridgehead atoms. The first-order chi connectivity index (χ1) is 13.6. The van der Waals surface area contributed by atoms with Gasteiger partial charge in [-0.25, -0.2) is 0 Å². The van der Waals surface area contributed by atoms with Gasteiger partial charge in [0.25, 0.3) is 11.8 Å². The van der Waals surface area contributed by atoms with Gasteiger partial charge in [-0.15, -0.1) is 0 Å². The molecule has 2 heterocycles. The second-order valence-corrected chi connectivity index (χ2v) is 6.38. The number of nitrogens with zero attached hydrogens (tertiary/aromatic N) is 2. The highest BCUT2D eigenvalue weighted by Gasteiger charge is 2.29. The molecule has 2 aromatic rings. The van der Waals surface area contributed by atoms with Gasteiger partial charge in [-0.2, -0.15) is 5.48 Å². The Morgan fingerprint density at radius 1 is 1.29 bits per heavy atom. The zero-order valence-electron chi connectivity index (χ0n) is 15.2. The molecule has 1 aromatic heterocycles. The number of ether oxygens (including phenoxy) is 1. The van der Waals surface area contributed by atoms with E-state index >= 15 is 0 Å². The van der Waals surface area contributed by atoms with Crippen molar-refractivity contribution in [1.29, 1.82) is 0 Å². The van der Waals surface area contributed by atoms with Gasteiger partial charge >= 0.3 is 0 Å². The summed E-state index contributed by atoms with van der Waals surface area (Å²) in [6, 6.07) is 11.5. The molecule has 9 heteroatoms. The molecule has 2 unspecified atom stereocenters. The number of hydrogen-bond acceptors (Lipinski definition) is 7. The second-order valence-electron chi connectivity index (χ2n) is 6.38. The number of morpholine rings is 1. The SMILES string of the molecule is NC(NO)c1ccc(C(=O)NCC2COCCN2C(=O)c2ccccn2)cc1. The van der Waals surface area contributed by atoms with Crippen molar-refractivity contribution in [3.63, 3.8) is 0 Å². The first kappa shape index (κ1) is 19.9. The predicted molar refractivity (Wildman–Crippen MR) is 101 cm³/mol. The number of hydroxylamine groups is 1. The number of carbonyl (C=O) groups is 2.